The van der Waals surface area contributed by atoms with E-state index in [0.29, 0.717) is 6.42 Å². The van der Waals surface area contributed by atoms with Crippen molar-refractivity contribution >= 4 is 11.9 Å². The summed E-state index contributed by atoms with van der Waals surface area (Å²) in [6.07, 6.45) is 1.37. The highest BCUT2D eigenvalue weighted by molar-refractivity contribution is 5.91. The van der Waals surface area contributed by atoms with E-state index in [1.807, 2.05) is 6.92 Å². The fourth-order valence-electron chi connectivity index (χ4n) is 3.04. The van der Waals surface area contributed by atoms with Gasteiger partial charge in [-0.25, -0.2) is 8.78 Å². The van der Waals surface area contributed by atoms with Crippen molar-refractivity contribution in [3.8, 4) is 0 Å². The van der Waals surface area contributed by atoms with E-state index >= 15 is 0 Å². The number of carbonyl (C=O) groups is 2. The lowest BCUT2D eigenvalue weighted by Crippen LogP contribution is -2.21. The molecule has 6 heteroatoms. The second-order valence-corrected chi connectivity index (χ2v) is 5.81. The van der Waals surface area contributed by atoms with Gasteiger partial charge in [0.15, 0.2) is 0 Å². The van der Waals surface area contributed by atoms with Gasteiger partial charge in [0, 0.05) is 5.56 Å². The van der Waals surface area contributed by atoms with Gasteiger partial charge in [-0.05, 0) is 37.5 Å². The molecule has 120 valence electrons. The molecule has 1 unspecified atom stereocenters. The third-order valence-electron chi connectivity index (χ3n) is 4.38. The molecular weight excluding hydrogens is 294 g/mol. The zero-order valence-electron chi connectivity index (χ0n) is 12.4. The topological polar surface area (TPSA) is 63.6 Å². The number of benzene rings is 1. The van der Waals surface area contributed by atoms with Crippen molar-refractivity contribution in [3.63, 3.8) is 0 Å². The van der Waals surface area contributed by atoms with Crippen LogP contribution >= 0.6 is 0 Å². The molecule has 0 saturated heterocycles. The first-order valence-corrected chi connectivity index (χ1v) is 7.16. The van der Waals surface area contributed by atoms with Crippen molar-refractivity contribution in [1.82, 2.24) is 0 Å². The zero-order chi connectivity index (χ0) is 16.5. The maximum atomic E-state index is 13.5. The van der Waals surface area contributed by atoms with Gasteiger partial charge in [0.25, 0.3) is 0 Å². The van der Waals surface area contributed by atoms with Gasteiger partial charge in [0.05, 0.1) is 11.3 Å². The van der Waals surface area contributed by atoms with E-state index in [4.69, 9.17) is 4.74 Å². The van der Waals surface area contributed by atoms with Crippen LogP contribution in [0.2, 0.25) is 0 Å². The lowest BCUT2D eigenvalue weighted by molar-refractivity contribution is -0.154. The second kappa shape index (κ2) is 6.02. The molecule has 0 bridgehead atoms. The molecule has 1 saturated carbocycles. The van der Waals surface area contributed by atoms with Gasteiger partial charge in [-0.2, -0.15) is 0 Å². The van der Waals surface area contributed by atoms with Crippen molar-refractivity contribution in [1.29, 1.82) is 0 Å². The molecule has 0 aliphatic heterocycles. The summed E-state index contributed by atoms with van der Waals surface area (Å²) >= 11 is 0. The highest BCUT2D eigenvalue weighted by atomic mass is 19.1. The molecule has 1 N–H and O–H groups in total. The number of ether oxygens (including phenoxy) is 1. The zero-order valence-corrected chi connectivity index (χ0v) is 12.4. The van der Waals surface area contributed by atoms with Gasteiger partial charge in [-0.15, -0.1) is 0 Å². The molecule has 1 aliphatic rings. The van der Waals surface area contributed by atoms with E-state index < -0.39 is 41.5 Å². The minimum atomic E-state index is -1.09. The van der Waals surface area contributed by atoms with Crippen LogP contribution in [0.3, 0.4) is 0 Å². The molecule has 0 aromatic heterocycles. The SMILES string of the molecule is CCC[C@H]1[C@H](C(=O)O)C1(C)C(=O)OCc1cc(F)ccc1F. The highest BCUT2D eigenvalue weighted by Crippen LogP contribution is 2.61. The smallest absolute Gasteiger partial charge is 0.313 e. The second-order valence-electron chi connectivity index (χ2n) is 5.81. The van der Waals surface area contributed by atoms with Crippen LogP contribution in [0.5, 0.6) is 0 Å². The number of carboxylic acid groups (broad SMARTS) is 1. The summed E-state index contributed by atoms with van der Waals surface area (Å²) in [6.45, 7) is 3.05. The van der Waals surface area contributed by atoms with Crippen molar-refractivity contribution < 1.29 is 28.2 Å². The lowest BCUT2D eigenvalue weighted by Gasteiger charge is -2.12. The van der Waals surface area contributed by atoms with Crippen LogP contribution in [0, 0.1) is 28.9 Å². The Morgan fingerprint density at radius 3 is 2.64 bits per heavy atom. The summed E-state index contributed by atoms with van der Waals surface area (Å²) in [6, 6.07) is 2.88. The summed E-state index contributed by atoms with van der Waals surface area (Å²) in [5, 5.41) is 9.18. The summed E-state index contributed by atoms with van der Waals surface area (Å²) < 4.78 is 31.6. The number of halogens is 2. The van der Waals surface area contributed by atoms with E-state index in [2.05, 4.69) is 0 Å². The number of carboxylic acids is 1. The quantitative estimate of drug-likeness (QED) is 0.820. The van der Waals surface area contributed by atoms with Gasteiger partial charge in [-0.1, -0.05) is 13.3 Å². The van der Waals surface area contributed by atoms with Crippen LogP contribution in [0.15, 0.2) is 18.2 Å². The predicted octanol–water partition coefficient (Wildman–Crippen LogP) is 3.15. The molecule has 1 aliphatic carbocycles. The Balaban J connectivity index is 2.06. The van der Waals surface area contributed by atoms with E-state index in [0.717, 1.165) is 24.6 Å². The van der Waals surface area contributed by atoms with Crippen LogP contribution < -0.4 is 0 Å². The minimum Gasteiger partial charge on any atom is -0.481 e. The molecule has 1 fully saturated rings. The number of rotatable bonds is 6. The molecule has 1 aromatic carbocycles. The van der Waals surface area contributed by atoms with Crippen LogP contribution in [0.25, 0.3) is 0 Å². The van der Waals surface area contributed by atoms with E-state index in [1.54, 1.807) is 6.92 Å². The van der Waals surface area contributed by atoms with Gasteiger partial charge < -0.3 is 9.84 Å². The third kappa shape index (κ3) is 2.82. The number of hydrogen-bond donors (Lipinski definition) is 1. The van der Waals surface area contributed by atoms with Gasteiger partial charge >= 0.3 is 11.9 Å². The number of aliphatic carboxylic acids is 1. The average Bonchev–Trinajstić information content (AvgIpc) is 3.06. The molecule has 4 nitrogen and oxygen atoms in total. The Morgan fingerprint density at radius 1 is 1.36 bits per heavy atom. The van der Waals surface area contributed by atoms with Crippen LogP contribution in [-0.2, 0) is 20.9 Å². The lowest BCUT2D eigenvalue weighted by atomic mass is 10.0. The molecule has 0 spiro atoms. The summed E-state index contributed by atoms with van der Waals surface area (Å²) in [4.78, 5) is 23.4. The molecular formula is C16H18F2O4. The first kappa shape index (κ1) is 16.4. The van der Waals surface area contributed by atoms with Crippen LogP contribution in [0.1, 0.15) is 32.3 Å². The largest absolute Gasteiger partial charge is 0.481 e. The maximum absolute atomic E-state index is 13.5. The first-order chi connectivity index (χ1) is 10.3. The average molecular weight is 312 g/mol. The minimum absolute atomic E-state index is 0.0727. The standard InChI is InChI=1S/C16H18F2O4/c1-3-4-11-13(14(19)20)16(11,2)15(21)22-8-9-7-10(17)5-6-12(9)18/h5-7,11,13H,3-4,8H2,1-2H3,(H,19,20)/t11-,13+,16?/m0/s1. The fourth-order valence-corrected chi connectivity index (χ4v) is 3.04. The van der Waals surface area contributed by atoms with Crippen molar-refractivity contribution in [3.05, 3.63) is 35.4 Å². The summed E-state index contributed by atoms with van der Waals surface area (Å²) in [5.41, 5.74) is -1.16. The van der Waals surface area contributed by atoms with Crippen LogP contribution in [0.4, 0.5) is 8.78 Å². The van der Waals surface area contributed by atoms with Gasteiger partial charge in [0.1, 0.15) is 18.2 Å². The highest BCUT2D eigenvalue weighted by Gasteiger charge is 2.70. The third-order valence-corrected chi connectivity index (χ3v) is 4.38. The molecule has 22 heavy (non-hydrogen) atoms. The summed E-state index contributed by atoms with van der Waals surface area (Å²) in [5.74, 6) is -4.07. The number of carbonyl (C=O) groups excluding carboxylic acids is 1. The van der Waals surface area contributed by atoms with Crippen LogP contribution in [-0.4, -0.2) is 17.0 Å². The van der Waals surface area contributed by atoms with Crippen molar-refractivity contribution in [2.75, 3.05) is 0 Å². The Labute approximate surface area is 127 Å². The normalized spacial score (nSPS) is 26.5. The molecule has 0 radical (unpaired) electrons. The van der Waals surface area contributed by atoms with Crippen molar-refractivity contribution in [2.24, 2.45) is 17.3 Å². The van der Waals surface area contributed by atoms with E-state index in [1.165, 1.54) is 0 Å². The molecule has 1 aromatic rings. The first-order valence-electron chi connectivity index (χ1n) is 7.16. The Kier molecular flexibility index (Phi) is 4.49. The molecule has 0 amide bonds. The summed E-state index contributed by atoms with van der Waals surface area (Å²) in [7, 11) is 0. The fraction of sp³-hybridized carbons (Fsp3) is 0.500. The van der Waals surface area contributed by atoms with E-state index in [9.17, 15) is 23.5 Å². The monoisotopic (exact) mass is 312 g/mol. The van der Waals surface area contributed by atoms with Gasteiger partial charge in [-0.3, -0.25) is 9.59 Å². The van der Waals surface area contributed by atoms with Crippen molar-refractivity contribution in [2.45, 2.75) is 33.3 Å². The predicted molar refractivity (Wildman–Crippen MR) is 73.8 cm³/mol. The Hall–Kier alpha value is -1.98. The Morgan fingerprint density at radius 2 is 2.05 bits per heavy atom. The number of hydrogen-bond acceptors (Lipinski definition) is 3. The Bertz CT molecular complexity index is 602. The maximum Gasteiger partial charge on any atom is 0.313 e. The molecule has 2 rings (SSSR count). The number of esters is 1. The van der Waals surface area contributed by atoms with E-state index in [-0.39, 0.29) is 11.5 Å². The molecule has 0 heterocycles. The van der Waals surface area contributed by atoms with Gasteiger partial charge in [0.2, 0.25) is 0 Å². The molecule has 3 atom stereocenters.